The Balaban J connectivity index is 1.65. The van der Waals surface area contributed by atoms with Crippen LogP contribution < -0.4 is 10.2 Å². The van der Waals surface area contributed by atoms with Crippen molar-refractivity contribution >= 4 is 34.8 Å². The second-order valence-electron chi connectivity index (χ2n) is 7.70. The molecule has 1 atom stereocenters. The van der Waals surface area contributed by atoms with Crippen LogP contribution in [0.25, 0.3) is 0 Å². The molecule has 0 aliphatic carbocycles. The van der Waals surface area contributed by atoms with Crippen LogP contribution in [-0.2, 0) is 15.0 Å². The molecule has 0 spiro atoms. The lowest BCUT2D eigenvalue weighted by molar-refractivity contribution is -0.122. The van der Waals surface area contributed by atoms with E-state index < -0.39 is 0 Å². The van der Waals surface area contributed by atoms with E-state index in [1.165, 1.54) is 5.56 Å². The van der Waals surface area contributed by atoms with Gasteiger partial charge in [-0.2, -0.15) is 0 Å². The number of hydrogen-bond acceptors (Lipinski definition) is 2. The van der Waals surface area contributed by atoms with Gasteiger partial charge in [-0.15, -0.1) is 0 Å². The quantitative estimate of drug-likeness (QED) is 0.856. The molecule has 1 saturated heterocycles. The third-order valence-electron chi connectivity index (χ3n) is 4.65. The molecule has 0 bridgehead atoms. The van der Waals surface area contributed by atoms with Crippen molar-refractivity contribution in [3.05, 3.63) is 59.1 Å². The molecule has 5 heteroatoms. The van der Waals surface area contributed by atoms with Crippen LogP contribution in [0.3, 0.4) is 0 Å². The fourth-order valence-corrected chi connectivity index (χ4v) is 3.18. The molecule has 1 aliphatic rings. The van der Waals surface area contributed by atoms with Crippen molar-refractivity contribution in [3.63, 3.8) is 0 Å². The number of carbonyl (C=O) groups excluding carboxylic acids is 2. The van der Waals surface area contributed by atoms with Gasteiger partial charge in [-0.05, 0) is 47.4 Å². The molecule has 1 unspecified atom stereocenters. The van der Waals surface area contributed by atoms with Crippen LogP contribution in [0.4, 0.5) is 11.4 Å². The summed E-state index contributed by atoms with van der Waals surface area (Å²) in [5.74, 6) is -0.533. The van der Waals surface area contributed by atoms with Gasteiger partial charge in [0.1, 0.15) is 0 Å². The summed E-state index contributed by atoms with van der Waals surface area (Å²) >= 11 is 5.90. The number of carbonyl (C=O) groups is 2. The molecular weight excluding hydrogens is 348 g/mol. The third-order valence-corrected chi connectivity index (χ3v) is 4.90. The molecule has 0 radical (unpaired) electrons. The first kappa shape index (κ1) is 18.5. The van der Waals surface area contributed by atoms with Gasteiger partial charge in [0.25, 0.3) is 0 Å². The maximum Gasteiger partial charge on any atom is 0.229 e. The number of anilines is 2. The van der Waals surface area contributed by atoms with Crippen molar-refractivity contribution in [2.75, 3.05) is 16.8 Å². The van der Waals surface area contributed by atoms with Gasteiger partial charge in [0, 0.05) is 29.4 Å². The van der Waals surface area contributed by atoms with Gasteiger partial charge in [-0.1, -0.05) is 44.5 Å². The van der Waals surface area contributed by atoms with E-state index in [1.807, 2.05) is 24.3 Å². The molecule has 0 saturated carbocycles. The van der Waals surface area contributed by atoms with Gasteiger partial charge in [-0.25, -0.2) is 0 Å². The molecule has 3 rings (SSSR count). The van der Waals surface area contributed by atoms with Gasteiger partial charge in [0.15, 0.2) is 0 Å². The highest BCUT2D eigenvalue weighted by Crippen LogP contribution is 2.28. The fraction of sp³-hybridized carbons (Fsp3) is 0.333. The molecule has 1 N–H and O–H groups in total. The van der Waals surface area contributed by atoms with E-state index in [0.29, 0.717) is 11.6 Å². The summed E-state index contributed by atoms with van der Waals surface area (Å²) in [6.45, 7) is 6.83. The van der Waals surface area contributed by atoms with Crippen molar-refractivity contribution in [3.8, 4) is 0 Å². The minimum Gasteiger partial charge on any atom is -0.326 e. The molecule has 2 aromatic rings. The largest absolute Gasteiger partial charge is 0.326 e. The molecule has 1 fully saturated rings. The van der Waals surface area contributed by atoms with Gasteiger partial charge < -0.3 is 10.2 Å². The normalized spacial score (nSPS) is 17.5. The highest BCUT2D eigenvalue weighted by molar-refractivity contribution is 6.30. The minimum absolute atomic E-state index is 0.0458. The number of nitrogens with one attached hydrogen (secondary N) is 1. The molecule has 4 nitrogen and oxygen atoms in total. The van der Waals surface area contributed by atoms with Gasteiger partial charge in [0.2, 0.25) is 11.8 Å². The molecule has 2 aromatic carbocycles. The predicted octanol–water partition coefficient (Wildman–Crippen LogP) is 4.63. The maximum absolute atomic E-state index is 12.6. The Morgan fingerprint density at radius 2 is 1.69 bits per heavy atom. The molecule has 1 aliphatic heterocycles. The first-order chi connectivity index (χ1) is 12.2. The topological polar surface area (TPSA) is 49.4 Å². The van der Waals surface area contributed by atoms with E-state index in [-0.39, 0.29) is 29.6 Å². The summed E-state index contributed by atoms with van der Waals surface area (Å²) < 4.78 is 0. The number of hydrogen-bond donors (Lipinski definition) is 1. The Kier molecular flexibility index (Phi) is 5.05. The first-order valence-electron chi connectivity index (χ1n) is 8.71. The number of amides is 2. The molecule has 2 amide bonds. The Morgan fingerprint density at radius 1 is 1.08 bits per heavy atom. The fourth-order valence-electron chi connectivity index (χ4n) is 3.05. The van der Waals surface area contributed by atoms with E-state index in [2.05, 4.69) is 26.1 Å². The Labute approximate surface area is 159 Å². The van der Waals surface area contributed by atoms with E-state index >= 15 is 0 Å². The van der Waals surface area contributed by atoms with E-state index in [4.69, 9.17) is 11.6 Å². The number of halogens is 1. The number of rotatable bonds is 3. The van der Waals surface area contributed by atoms with Gasteiger partial charge in [0.05, 0.1) is 5.92 Å². The van der Waals surface area contributed by atoms with Crippen LogP contribution in [0.2, 0.25) is 5.02 Å². The van der Waals surface area contributed by atoms with Crippen LogP contribution in [0.1, 0.15) is 32.8 Å². The van der Waals surface area contributed by atoms with E-state index in [0.717, 1.165) is 11.4 Å². The zero-order valence-corrected chi connectivity index (χ0v) is 16.0. The summed E-state index contributed by atoms with van der Waals surface area (Å²) in [7, 11) is 0. The minimum atomic E-state index is -0.361. The standard InChI is InChI=1S/C21H23ClN2O2/c1-21(2,3)15-4-8-17(9-5-15)23-20(26)14-12-19(25)24(13-14)18-10-6-16(22)7-11-18/h4-11,14H,12-13H2,1-3H3,(H,23,26). The van der Waals surface area contributed by atoms with Gasteiger partial charge >= 0.3 is 0 Å². The average Bonchev–Trinajstić information content (AvgIpc) is 2.97. The Hall–Kier alpha value is -2.33. The number of nitrogens with zero attached hydrogens (tertiary/aromatic N) is 1. The second-order valence-corrected chi connectivity index (χ2v) is 8.13. The molecule has 1 heterocycles. The average molecular weight is 371 g/mol. The third kappa shape index (κ3) is 4.07. The summed E-state index contributed by atoms with van der Waals surface area (Å²) in [5, 5.41) is 3.54. The highest BCUT2D eigenvalue weighted by atomic mass is 35.5. The van der Waals surface area contributed by atoms with Crippen molar-refractivity contribution in [1.82, 2.24) is 0 Å². The lowest BCUT2D eigenvalue weighted by atomic mass is 9.87. The zero-order valence-electron chi connectivity index (χ0n) is 15.3. The summed E-state index contributed by atoms with van der Waals surface area (Å²) in [6.07, 6.45) is 0.217. The Bertz CT molecular complexity index is 807. The van der Waals surface area contributed by atoms with Crippen LogP contribution in [-0.4, -0.2) is 18.4 Å². The monoisotopic (exact) mass is 370 g/mol. The van der Waals surface area contributed by atoms with E-state index in [1.54, 1.807) is 29.2 Å². The van der Waals surface area contributed by atoms with Crippen molar-refractivity contribution in [2.45, 2.75) is 32.6 Å². The second kappa shape index (κ2) is 7.12. The molecule has 0 aromatic heterocycles. The van der Waals surface area contributed by atoms with Crippen LogP contribution in [0, 0.1) is 5.92 Å². The van der Waals surface area contributed by atoms with E-state index in [9.17, 15) is 9.59 Å². The molecular formula is C21H23ClN2O2. The SMILES string of the molecule is CC(C)(C)c1ccc(NC(=O)C2CC(=O)N(c3ccc(Cl)cc3)C2)cc1. The predicted molar refractivity (Wildman–Crippen MR) is 106 cm³/mol. The van der Waals surface area contributed by atoms with Gasteiger partial charge in [-0.3, -0.25) is 9.59 Å². The lowest BCUT2D eigenvalue weighted by Gasteiger charge is -2.19. The van der Waals surface area contributed by atoms with Crippen molar-refractivity contribution < 1.29 is 9.59 Å². The smallest absolute Gasteiger partial charge is 0.229 e. The van der Waals surface area contributed by atoms with Crippen molar-refractivity contribution in [2.24, 2.45) is 5.92 Å². The maximum atomic E-state index is 12.6. The van der Waals surface area contributed by atoms with Crippen molar-refractivity contribution in [1.29, 1.82) is 0 Å². The lowest BCUT2D eigenvalue weighted by Crippen LogP contribution is -2.28. The first-order valence-corrected chi connectivity index (χ1v) is 9.09. The molecule has 136 valence electrons. The van der Waals surface area contributed by atoms with Crippen LogP contribution in [0.15, 0.2) is 48.5 Å². The molecule has 26 heavy (non-hydrogen) atoms. The summed E-state index contributed by atoms with van der Waals surface area (Å²) in [5.41, 5.74) is 2.80. The van der Waals surface area contributed by atoms with Crippen LogP contribution in [0.5, 0.6) is 0 Å². The zero-order chi connectivity index (χ0) is 18.9. The summed E-state index contributed by atoms with van der Waals surface area (Å²) in [4.78, 5) is 26.5. The highest BCUT2D eigenvalue weighted by Gasteiger charge is 2.35. The Morgan fingerprint density at radius 3 is 2.27 bits per heavy atom. The van der Waals surface area contributed by atoms with Crippen LogP contribution >= 0.6 is 11.6 Å². The number of benzene rings is 2. The summed E-state index contributed by atoms with van der Waals surface area (Å²) in [6, 6.07) is 14.9.